The molecule has 2 aromatic rings. The number of benzene rings is 1. The van der Waals surface area contributed by atoms with Crippen molar-refractivity contribution in [2.45, 2.75) is 26.2 Å². The number of anilines is 1. The first-order valence-electron chi connectivity index (χ1n) is 9.06. The number of hydrogen-bond acceptors (Lipinski definition) is 4. The van der Waals surface area contributed by atoms with Crippen molar-refractivity contribution in [2.75, 3.05) is 25.0 Å². The molecule has 0 unspecified atom stereocenters. The Hall–Kier alpha value is -2.11. The number of nitrogens with one attached hydrogen (secondary N) is 1. The molecule has 2 heterocycles. The first-order valence-corrected chi connectivity index (χ1v) is 9.94. The smallest absolute Gasteiger partial charge is 0.239 e. The molecule has 0 radical (unpaired) electrons. The molecule has 4 nitrogen and oxygen atoms in total. The van der Waals surface area contributed by atoms with Crippen LogP contribution in [0.15, 0.2) is 48.5 Å². The van der Waals surface area contributed by atoms with Gasteiger partial charge in [0.05, 0.1) is 6.54 Å². The van der Waals surface area contributed by atoms with E-state index in [0.717, 1.165) is 34.3 Å². The number of pyridine rings is 1. The summed E-state index contributed by atoms with van der Waals surface area (Å²) in [5.41, 5.74) is 1.14. The van der Waals surface area contributed by atoms with E-state index in [4.69, 9.17) is 0 Å². The molecule has 5 heteroatoms. The van der Waals surface area contributed by atoms with E-state index in [1.165, 1.54) is 19.3 Å². The van der Waals surface area contributed by atoms with E-state index in [1.54, 1.807) is 11.8 Å². The number of piperidine rings is 1. The van der Waals surface area contributed by atoms with Crippen molar-refractivity contribution in [3.05, 3.63) is 54.1 Å². The number of nitrogens with zero attached hydrogens (tertiary/aromatic N) is 2. The van der Waals surface area contributed by atoms with Gasteiger partial charge in [0.15, 0.2) is 0 Å². The predicted octanol–water partition coefficient (Wildman–Crippen LogP) is 4.90. The second kappa shape index (κ2) is 9.01. The van der Waals surface area contributed by atoms with Gasteiger partial charge in [0.2, 0.25) is 5.91 Å². The van der Waals surface area contributed by atoms with Gasteiger partial charge in [-0.15, -0.1) is 0 Å². The van der Waals surface area contributed by atoms with Crippen LogP contribution in [0.1, 0.15) is 31.7 Å². The zero-order chi connectivity index (χ0) is 18.4. The molecule has 1 N–H and O–H groups in total. The maximum atomic E-state index is 12.3. The minimum absolute atomic E-state index is 0.00580. The molecule has 136 valence electrons. The van der Waals surface area contributed by atoms with E-state index < -0.39 is 0 Å². The molecule has 0 aliphatic carbocycles. The number of hydrogen-bond donors (Lipinski definition) is 1. The molecular formula is C21H25N3OS. The lowest BCUT2D eigenvalue weighted by Gasteiger charge is -2.25. The molecule has 0 saturated carbocycles. The molecule has 0 bridgehead atoms. The number of fused-ring (bicyclic) bond motifs is 1. The lowest BCUT2D eigenvalue weighted by molar-refractivity contribution is -0.117. The number of rotatable bonds is 6. The Labute approximate surface area is 159 Å². The monoisotopic (exact) mass is 367 g/mol. The molecule has 1 fully saturated rings. The average molecular weight is 368 g/mol. The fraction of sp³-hybridized carbons (Fsp3) is 0.333. The van der Waals surface area contributed by atoms with Crippen molar-refractivity contribution in [3.63, 3.8) is 0 Å². The molecular weight excluding hydrogens is 342 g/mol. The van der Waals surface area contributed by atoms with Crippen molar-refractivity contribution in [2.24, 2.45) is 0 Å². The van der Waals surface area contributed by atoms with Gasteiger partial charge in [0, 0.05) is 16.5 Å². The number of carbonyl (C=O) groups excluding carboxylic acids is 1. The van der Waals surface area contributed by atoms with Gasteiger partial charge in [0.25, 0.3) is 0 Å². The van der Waals surface area contributed by atoms with Gasteiger partial charge in [-0.25, -0.2) is 4.98 Å². The molecule has 26 heavy (non-hydrogen) atoms. The Morgan fingerprint density at radius 2 is 2.08 bits per heavy atom. The van der Waals surface area contributed by atoms with E-state index in [1.807, 2.05) is 24.6 Å². The lowest BCUT2D eigenvalue weighted by atomic mass is 10.1. The Kier molecular flexibility index (Phi) is 6.47. The molecule has 0 atom stereocenters. The first-order chi connectivity index (χ1) is 12.7. The summed E-state index contributed by atoms with van der Waals surface area (Å²) >= 11 is 1.61. The number of amides is 1. The summed E-state index contributed by atoms with van der Waals surface area (Å²) in [6.07, 6.45) is 7.52. The van der Waals surface area contributed by atoms with Crippen LogP contribution in [-0.2, 0) is 4.79 Å². The Morgan fingerprint density at radius 1 is 1.27 bits per heavy atom. The standard InChI is InChI=1S/C21H25N3OS/c1-3-19(26-4-2)16-8-9-17-14-22-20(13-18(17)12-16)23-21(25)15-24-10-6-5-7-11-24/h3-4,8-9,12-14H,2,5-7,10-11,15H2,1H3,(H,22,23,25)/b19-3-. The van der Waals surface area contributed by atoms with Gasteiger partial charge < -0.3 is 5.32 Å². The van der Waals surface area contributed by atoms with Crippen molar-refractivity contribution >= 4 is 39.2 Å². The Bertz CT molecular complexity index is 825. The maximum absolute atomic E-state index is 12.3. The number of thioether (sulfide) groups is 1. The third-order valence-corrected chi connectivity index (χ3v) is 5.45. The van der Waals surface area contributed by atoms with Crippen LogP contribution in [-0.4, -0.2) is 35.4 Å². The Morgan fingerprint density at radius 3 is 2.81 bits per heavy atom. The lowest BCUT2D eigenvalue weighted by Crippen LogP contribution is -2.36. The van der Waals surface area contributed by atoms with Crippen LogP contribution in [0.5, 0.6) is 0 Å². The third kappa shape index (κ3) is 4.74. The van der Waals surface area contributed by atoms with Crippen LogP contribution in [0.2, 0.25) is 0 Å². The summed E-state index contributed by atoms with van der Waals surface area (Å²) in [6.45, 7) is 8.28. The molecule has 3 rings (SSSR count). The SMILES string of the molecule is C=CS/C(=C\C)c1ccc2cnc(NC(=O)CN3CCCCC3)cc2c1. The largest absolute Gasteiger partial charge is 0.310 e. The van der Waals surface area contributed by atoms with Crippen molar-refractivity contribution in [1.82, 2.24) is 9.88 Å². The minimum Gasteiger partial charge on any atom is -0.310 e. The summed E-state index contributed by atoms with van der Waals surface area (Å²) in [6, 6.07) is 8.22. The molecule has 1 aromatic heterocycles. The van der Waals surface area contributed by atoms with Gasteiger partial charge in [-0.3, -0.25) is 9.69 Å². The van der Waals surface area contributed by atoms with E-state index in [0.29, 0.717) is 12.4 Å². The van der Waals surface area contributed by atoms with E-state index in [-0.39, 0.29) is 5.91 Å². The summed E-state index contributed by atoms with van der Waals surface area (Å²) in [4.78, 5) is 20.1. The highest BCUT2D eigenvalue weighted by atomic mass is 32.2. The molecule has 0 spiro atoms. The van der Waals surface area contributed by atoms with Crippen molar-refractivity contribution in [3.8, 4) is 0 Å². The van der Waals surface area contributed by atoms with Crippen LogP contribution in [0.25, 0.3) is 15.7 Å². The maximum Gasteiger partial charge on any atom is 0.239 e. The highest BCUT2D eigenvalue weighted by Gasteiger charge is 2.14. The molecule has 1 saturated heterocycles. The van der Waals surface area contributed by atoms with E-state index in [2.05, 4.69) is 46.1 Å². The predicted molar refractivity (Wildman–Crippen MR) is 112 cm³/mol. The minimum atomic E-state index is 0.00580. The fourth-order valence-corrected chi connectivity index (χ4v) is 3.84. The fourth-order valence-electron chi connectivity index (χ4n) is 3.26. The topological polar surface area (TPSA) is 45.2 Å². The highest BCUT2D eigenvalue weighted by molar-refractivity contribution is 8.10. The van der Waals surface area contributed by atoms with Crippen LogP contribution >= 0.6 is 11.8 Å². The van der Waals surface area contributed by atoms with Crippen LogP contribution in [0.3, 0.4) is 0 Å². The molecule has 1 aromatic carbocycles. The zero-order valence-electron chi connectivity index (χ0n) is 15.2. The van der Waals surface area contributed by atoms with E-state index in [9.17, 15) is 4.79 Å². The zero-order valence-corrected chi connectivity index (χ0v) is 16.0. The van der Waals surface area contributed by atoms with Gasteiger partial charge in [0.1, 0.15) is 5.82 Å². The summed E-state index contributed by atoms with van der Waals surface area (Å²) in [5, 5.41) is 6.90. The van der Waals surface area contributed by atoms with Crippen LogP contribution < -0.4 is 5.32 Å². The second-order valence-corrected chi connectivity index (χ2v) is 7.46. The van der Waals surface area contributed by atoms with Crippen molar-refractivity contribution < 1.29 is 4.79 Å². The van der Waals surface area contributed by atoms with E-state index >= 15 is 0 Å². The molecule has 1 amide bonds. The number of carbonyl (C=O) groups is 1. The molecule has 1 aliphatic rings. The molecule has 1 aliphatic heterocycles. The van der Waals surface area contributed by atoms with Gasteiger partial charge in [-0.05, 0) is 61.3 Å². The Balaban J connectivity index is 1.74. The first kappa shape index (κ1) is 18.7. The normalized spacial score (nSPS) is 15.8. The quantitative estimate of drug-likeness (QED) is 0.789. The summed E-state index contributed by atoms with van der Waals surface area (Å²) in [5.74, 6) is 0.612. The van der Waals surface area contributed by atoms with Gasteiger partial charge in [-0.1, -0.05) is 43.0 Å². The van der Waals surface area contributed by atoms with Gasteiger partial charge >= 0.3 is 0 Å². The third-order valence-electron chi connectivity index (χ3n) is 4.56. The average Bonchev–Trinajstić information content (AvgIpc) is 2.66. The van der Waals surface area contributed by atoms with Crippen LogP contribution in [0, 0.1) is 0 Å². The number of likely N-dealkylation sites (tertiary alicyclic amines) is 1. The summed E-state index contributed by atoms with van der Waals surface area (Å²) in [7, 11) is 0. The van der Waals surface area contributed by atoms with Crippen LogP contribution in [0.4, 0.5) is 5.82 Å². The number of allylic oxidation sites excluding steroid dienone is 1. The van der Waals surface area contributed by atoms with Crippen molar-refractivity contribution in [1.29, 1.82) is 0 Å². The summed E-state index contributed by atoms with van der Waals surface area (Å²) < 4.78 is 0. The highest BCUT2D eigenvalue weighted by Crippen LogP contribution is 2.30. The van der Waals surface area contributed by atoms with Gasteiger partial charge in [-0.2, -0.15) is 0 Å². The second-order valence-electron chi connectivity index (χ2n) is 6.45. The number of aromatic nitrogens is 1.